The fourth-order valence-electron chi connectivity index (χ4n) is 4.13. The molecule has 2 saturated carbocycles. The molecule has 2 fully saturated rings. The maximum absolute atomic E-state index is 11.5. The molecule has 0 spiro atoms. The highest BCUT2D eigenvalue weighted by Gasteiger charge is 2.57. The van der Waals surface area contributed by atoms with Gasteiger partial charge in [0.25, 0.3) is 0 Å². The van der Waals surface area contributed by atoms with Crippen LogP contribution in [0, 0.1) is 17.8 Å². The molecule has 6 nitrogen and oxygen atoms in total. The molecule has 0 amide bonds. The van der Waals surface area contributed by atoms with E-state index in [1.165, 1.54) is 0 Å². The lowest BCUT2D eigenvalue weighted by molar-refractivity contribution is -0.145. The Morgan fingerprint density at radius 1 is 1.37 bits per heavy atom. The van der Waals surface area contributed by atoms with Gasteiger partial charge in [0, 0.05) is 6.04 Å². The first-order valence-electron chi connectivity index (χ1n) is 6.98. The molecule has 108 valence electrons. The number of hydrogen-bond donors (Lipinski definition) is 5. The van der Waals surface area contributed by atoms with E-state index in [-0.39, 0.29) is 24.2 Å². The Bertz CT molecular complexity index is 355. The minimum absolute atomic E-state index is 0.109. The molecule has 0 unspecified atom stereocenters. The summed E-state index contributed by atoms with van der Waals surface area (Å²) in [6.07, 6.45) is 3.64. The van der Waals surface area contributed by atoms with Gasteiger partial charge in [-0.15, -0.1) is 0 Å². The first-order valence-corrected chi connectivity index (χ1v) is 6.98. The maximum Gasteiger partial charge on any atom is 0.451 e. The second kappa shape index (κ2) is 5.40. The Morgan fingerprint density at radius 3 is 2.63 bits per heavy atom. The monoisotopic (exact) mass is 270 g/mol. The van der Waals surface area contributed by atoms with Gasteiger partial charge in [-0.05, 0) is 49.8 Å². The molecule has 7 heteroatoms. The minimum atomic E-state index is -1.33. The summed E-state index contributed by atoms with van der Waals surface area (Å²) in [5.41, 5.74) is 10.9. The average Bonchev–Trinajstić information content (AvgIpc) is 2.74. The highest BCUT2D eigenvalue weighted by molar-refractivity contribution is 6.40. The normalized spacial score (nSPS) is 41.3. The van der Waals surface area contributed by atoms with E-state index >= 15 is 0 Å². The van der Waals surface area contributed by atoms with Crippen molar-refractivity contribution in [1.29, 1.82) is 0 Å². The quantitative estimate of drug-likeness (QED) is 0.424. The number of aliphatic carboxylic acids is 1. The first-order chi connectivity index (χ1) is 8.84. The van der Waals surface area contributed by atoms with Crippen LogP contribution in [0.15, 0.2) is 0 Å². The van der Waals surface area contributed by atoms with Crippen molar-refractivity contribution >= 4 is 13.1 Å². The number of fused-ring (bicyclic) bond motifs is 1. The van der Waals surface area contributed by atoms with Crippen molar-refractivity contribution in [3.8, 4) is 0 Å². The summed E-state index contributed by atoms with van der Waals surface area (Å²) in [6, 6.07) is 0.152. The van der Waals surface area contributed by atoms with Gasteiger partial charge in [-0.3, -0.25) is 4.79 Å². The Morgan fingerprint density at radius 2 is 2.05 bits per heavy atom. The first kappa shape index (κ1) is 14.8. The van der Waals surface area contributed by atoms with Crippen LogP contribution in [0.25, 0.3) is 0 Å². The number of carboxylic acid groups (broad SMARTS) is 1. The highest BCUT2D eigenvalue weighted by atomic mass is 16.4. The van der Waals surface area contributed by atoms with E-state index in [2.05, 4.69) is 0 Å². The number of hydrogen-bond acceptors (Lipinski definition) is 5. The summed E-state index contributed by atoms with van der Waals surface area (Å²) in [7, 11) is -1.33. The van der Waals surface area contributed by atoms with Crippen LogP contribution in [0.4, 0.5) is 0 Å². The lowest BCUT2D eigenvalue weighted by atomic mass is 9.75. The molecule has 0 radical (unpaired) electrons. The van der Waals surface area contributed by atoms with Gasteiger partial charge in [0.05, 0.1) is 0 Å². The lowest BCUT2D eigenvalue weighted by Gasteiger charge is -2.30. The number of carbonyl (C=O) groups is 1. The average molecular weight is 270 g/mol. The Balaban J connectivity index is 2.07. The zero-order chi connectivity index (χ0) is 14.2. The topological polar surface area (TPSA) is 130 Å². The molecule has 19 heavy (non-hydrogen) atoms. The van der Waals surface area contributed by atoms with Crippen LogP contribution in [0.1, 0.15) is 32.1 Å². The van der Waals surface area contributed by atoms with Gasteiger partial charge in [-0.2, -0.15) is 0 Å². The molecule has 2 rings (SSSR count). The Kier molecular flexibility index (Phi) is 4.20. The van der Waals surface area contributed by atoms with Gasteiger partial charge in [0.1, 0.15) is 5.54 Å². The van der Waals surface area contributed by atoms with Crippen LogP contribution in [0.5, 0.6) is 0 Å². The molecule has 0 aromatic heterocycles. The zero-order valence-electron chi connectivity index (χ0n) is 11.0. The molecule has 5 atom stereocenters. The Labute approximate surface area is 113 Å². The second-order valence-electron chi connectivity index (χ2n) is 6.22. The third-order valence-corrected chi connectivity index (χ3v) is 4.94. The molecular formula is C12H23BN2O4. The summed E-state index contributed by atoms with van der Waals surface area (Å²) < 4.78 is 0. The van der Waals surface area contributed by atoms with E-state index in [4.69, 9.17) is 21.5 Å². The molecule has 2 aliphatic carbocycles. The van der Waals surface area contributed by atoms with Crippen molar-refractivity contribution in [2.75, 3.05) is 0 Å². The van der Waals surface area contributed by atoms with Crippen molar-refractivity contribution in [2.45, 2.75) is 50.0 Å². The van der Waals surface area contributed by atoms with Gasteiger partial charge < -0.3 is 26.6 Å². The van der Waals surface area contributed by atoms with Crippen LogP contribution in [0.2, 0.25) is 6.32 Å². The van der Waals surface area contributed by atoms with Crippen LogP contribution in [-0.2, 0) is 4.79 Å². The number of nitrogens with two attached hydrogens (primary N) is 2. The molecule has 0 heterocycles. The molecule has 0 saturated heterocycles. The van der Waals surface area contributed by atoms with E-state index in [1.807, 2.05) is 0 Å². The van der Waals surface area contributed by atoms with Crippen LogP contribution >= 0.6 is 0 Å². The van der Waals surface area contributed by atoms with E-state index in [9.17, 15) is 9.90 Å². The van der Waals surface area contributed by atoms with Crippen molar-refractivity contribution in [2.24, 2.45) is 29.2 Å². The van der Waals surface area contributed by atoms with Gasteiger partial charge in [0.15, 0.2) is 0 Å². The van der Waals surface area contributed by atoms with Crippen molar-refractivity contribution in [3.05, 3.63) is 0 Å². The molecule has 7 N–H and O–H groups in total. The van der Waals surface area contributed by atoms with Crippen LogP contribution < -0.4 is 11.5 Å². The third-order valence-electron chi connectivity index (χ3n) is 4.94. The molecule has 0 aliphatic heterocycles. The van der Waals surface area contributed by atoms with Crippen LogP contribution in [-0.4, -0.2) is 39.8 Å². The van der Waals surface area contributed by atoms with Crippen molar-refractivity contribution in [3.63, 3.8) is 0 Å². The summed E-state index contributed by atoms with van der Waals surface area (Å²) in [4.78, 5) is 11.5. The summed E-state index contributed by atoms with van der Waals surface area (Å²) in [5.74, 6) is -0.473. The minimum Gasteiger partial charge on any atom is -0.480 e. The van der Waals surface area contributed by atoms with Gasteiger partial charge >= 0.3 is 13.1 Å². The molecule has 2 aliphatic rings. The second-order valence-corrected chi connectivity index (χ2v) is 6.22. The lowest BCUT2D eigenvalue weighted by Crippen LogP contribution is -2.52. The molecule has 0 bridgehead atoms. The summed E-state index contributed by atoms with van der Waals surface area (Å²) in [5, 5.41) is 27.2. The molecular weight excluding hydrogens is 247 g/mol. The third kappa shape index (κ3) is 2.79. The van der Waals surface area contributed by atoms with Gasteiger partial charge in [-0.1, -0.05) is 6.42 Å². The maximum atomic E-state index is 11.5. The van der Waals surface area contributed by atoms with E-state index in [1.54, 1.807) is 0 Å². The highest BCUT2D eigenvalue weighted by Crippen LogP contribution is 2.53. The Hall–Kier alpha value is -0.625. The van der Waals surface area contributed by atoms with Gasteiger partial charge in [0.2, 0.25) is 0 Å². The predicted molar refractivity (Wildman–Crippen MR) is 71.1 cm³/mol. The summed E-state index contributed by atoms with van der Waals surface area (Å²) >= 11 is 0. The fraction of sp³-hybridized carbons (Fsp3) is 0.917. The number of rotatable bonds is 5. The fourth-order valence-corrected chi connectivity index (χ4v) is 4.13. The van der Waals surface area contributed by atoms with E-state index in [0.29, 0.717) is 25.2 Å². The predicted octanol–water partition coefficient (Wildman–Crippen LogP) is -0.605. The SMILES string of the molecule is N[C@H]1C[C@@H]2C[C@@](N)(C(=O)O)[C@@H](CCCB(O)O)[C@@H]2C1. The van der Waals surface area contributed by atoms with Crippen LogP contribution in [0.3, 0.4) is 0 Å². The van der Waals surface area contributed by atoms with Gasteiger partial charge in [-0.25, -0.2) is 0 Å². The number of carboxylic acids is 1. The standard InChI is InChI=1S/C12H23BN2O4/c14-8-4-7-6-12(15,11(16)17)10(9(7)5-8)2-1-3-13(18)19/h7-10,18-19H,1-6,14-15H2,(H,16,17)/t7-,8+,9-,10+,12+/m1/s1. The smallest absolute Gasteiger partial charge is 0.451 e. The zero-order valence-corrected chi connectivity index (χ0v) is 11.0. The largest absolute Gasteiger partial charge is 0.480 e. The van der Waals surface area contributed by atoms with Crippen molar-refractivity contribution in [1.82, 2.24) is 0 Å². The van der Waals surface area contributed by atoms with E-state index in [0.717, 1.165) is 12.8 Å². The molecule has 0 aromatic carbocycles. The van der Waals surface area contributed by atoms with Crippen molar-refractivity contribution < 1.29 is 19.9 Å². The van der Waals surface area contributed by atoms with E-state index < -0.39 is 18.6 Å². The molecule has 0 aromatic rings. The summed E-state index contributed by atoms with van der Waals surface area (Å²) in [6.45, 7) is 0.